The minimum Gasteiger partial charge on any atom is -0.466 e. The summed E-state index contributed by atoms with van der Waals surface area (Å²) in [5, 5.41) is 0. The Morgan fingerprint density at radius 3 is 2.90 bits per heavy atom. The first kappa shape index (κ1) is 15.9. The second-order valence-electron chi connectivity index (χ2n) is 4.97. The van der Waals surface area contributed by atoms with Crippen LogP contribution < -0.4 is 0 Å². The summed E-state index contributed by atoms with van der Waals surface area (Å²) in [6.07, 6.45) is 1.42. The smallest absolute Gasteiger partial charge is 0.310 e. The van der Waals surface area contributed by atoms with E-state index in [4.69, 9.17) is 4.74 Å². The molecule has 1 amide bonds. The Labute approximate surface area is 131 Å². The molecular formula is C15H17BrFNO3. The van der Waals surface area contributed by atoms with Gasteiger partial charge in [-0.05, 0) is 38.0 Å². The number of rotatable bonds is 3. The van der Waals surface area contributed by atoms with Gasteiger partial charge in [-0.2, -0.15) is 0 Å². The third-order valence-electron chi connectivity index (χ3n) is 3.49. The molecule has 1 aromatic carbocycles. The van der Waals surface area contributed by atoms with Gasteiger partial charge in [0.2, 0.25) is 0 Å². The molecule has 21 heavy (non-hydrogen) atoms. The third kappa shape index (κ3) is 3.81. The van der Waals surface area contributed by atoms with Gasteiger partial charge in [-0.15, -0.1) is 0 Å². The van der Waals surface area contributed by atoms with Crippen LogP contribution in [0.15, 0.2) is 22.7 Å². The summed E-state index contributed by atoms with van der Waals surface area (Å²) in [7, 11) is 0. The number of ether oxygens (including phenoxy) is 1. The molecule has 1 fully saturated rings. The highest BCUT2D eigenvalue weighted by Gasteiger charge is 2.30. The van der Waals surface area contributed by atoms with E-state index in [1.54, 1.807) is 13.0 Å². The van der Waals surface area contributed by atoms with Crippen molar-refractivity contribution in [1.29, 1.82) is 0 Å². The van der Waals surface area contributed by atoms with E-state index >= 15 is 0 Å². The van der Waals surface area contributed by atoms with Gasteiger partial charge in [0.15, 0.2) is 0 Å². The van der Waals surface area contributed by atoms with Crippen LogP contribution in [0.5, 0.6) is 0 Å². The van der Waals surface area contributed by atoms with E-state index in [1.165, 1.54) is 17.0 Å². The van der Waals surface area contributed by atoms with Crippen molar-refractivity contribution in [3.63, 3.8) is 0 Å². The van der Waals surface area contributed by atoms with E-state index in [2.05, 4.69) is 15.9 Å². The van der Waals surface area contributed by atoms with Crippen LogP contribution in [-0.4, -0.2) is 36.5 Å². The van der Waals surface area contributed by atoms with Crippen LogP contribution >= 0.6 is 15.9 Å². The van der Waals surface area contributed by atoms with Crippen LogP contribution in [0.25, 0.3) is 0 Å². The zero-order valence-electron chi connectivity index (χ0n) is 11.8. The van der Waals surface area contributed by atoms with E-state index in [9.17, 15) is 14.0 Å². The summed E-state index contributed by atoms with van der Waals surface area (Å²) in [5.41, 5.74) is 0.0303. The molecule has 1 aliphatic heterocycles. The van der Waals surface area contributed by atoms with Gasteiger partial charge < -0.3 is 9.64 Å². The molecule has 0 N–H and O–H groups in total. The summed E-state index contributed by atoms with van der Waals surface area (Å²) >= 11 is 3.16. The number of carbonyl (C=O) groups excluding carboxylic acids is 2. The van der Waals surface area contributed by atoms with Crippen LogP contribution in [-0.2, 0) is 9.53 Å². The van der Waals surface area contributed by atoms with Gasteiger partial charge in [0.05, 0.1) is 18.1 Å². The first-order valence-electron chi connectivity index (χ1n) is 6.94. The number of piperidine rings is 1. The van der Waals surface area contributed by atoms with Gasteiger partial charge >= 0.3 is 5.97 Å². The van der Waals surface area contributed by atoms with Gasteiger partial charge in [-0.3, -0.25) is 9.59 Å². The number of benzene rings is 1. The van der Waals surface area contributed by atoms with Crippen molar-refractivity contribution < 1.29 is 18.7 Å². The molecule has 1 aromatic rings. The third-order valence-corrected chi connectivity index (χ3v) is 3.98. The molecule has 0 saturated carbocycles. The Hall–Kier alpha value is -1.43. The minimum absolute atomic E-state index is 0.0303. The fourth-order valence-electron chi connectivity index (χ4n) is 2.45. The number of halogens is 2. The molecule has 1 atom stereocenters. The molecule has 1 aliphatic rings. The number of amides is 1. The fraction of sp³-hybridized carbons (Fsp3) is 0.467. The highest BCUT2D eigenvalue weighted by Crippen LogP contribution is 2.22. The zero-order valence-corrected chi connectivity index (χ0v) is 13.4. The molecule has 0 radical (unpaired) electrons. The minimum atomic E-state index is -0.562. The van der Waals surface area contributed by atoms with Gasteiger partial charge in [0.1, 0.15) is 5.82 Å². The van der Waals surface area contributed by atoms with Crippen molar-refractivity contribution in [1.82, 2.24) is 4.90 Å². The predicted octanol–water partition coefficient (Wildman–Crippen LogP) is 3.00. The number of carbonyl (C=O) groups is 2. The topological polar surface area (TPSA) is 46.6 Å². The van der Waals surface area contributed by atoms with Gasteiger partial charge in [0.25, 0.3) is 5.91 Å². The summed E-state index contributed by atoms with van der Waals surface area (Å²) in [4.78, 5) is 25.7. The van der Waals surface area contributed by atoms with Crippen molar-refractivity contribution in [3.8, 4) is 0 Å². The van der Waals surface area contributed by atoms with Crippen LogP contribution in [0.3, 0.4) is 0 Å². The van der Waals surface area contributed by atoms with E-state index in [0.717, 1.165) is 0 Å². The van der Waals surface area contributed by atoms with Crippen molar-refractivity contribution in [3.05, 3.63) is 34.1 Å². The SMILES string of the molecule is CCOC(=O)[C@H]1CCCN(C(=O)c2ccc(Br)cc2F)C1. The maximum atomic E-state index is 13.9. The molecule has 2 rings (SSSR count). The Balaban J connectivity index is 2.10. The van der Waals surface area contributed by atoms with Gasteiger partial charge in [-0.25, -0.2) is 4.39 Å². The average Bonchev–Trinajstić information content (AvgIpc) is 2.47. The standard InChI is InChI=1S/C15H17BrFNO3/c1-2-21-15(20)10-4-3-7-18(9-10)14(19)12-6-5-11(16)8-13(12)17/h5-6,8,10H,2-4,7,9H2,1H3/t10-/m0/s1. The van der Waals surface area contributed by atoms with Crippen LogP contribution in [0, 0.1) is 11.7 Å². The molecule has 6 heteroatoms. The highest BCUT2D eigenvalue weighted by molar-refractivity contribution is 9.10. The molecule has 1 heterocycles. The van der Waals surface area contributed by atoms with E-state index in [0.29, 0.717) is 30.5 Å². The summed E-state index contributed by atoms with van der Waals surface area (Å²) in [6.45, 7) is 2.89. The van der Waals surface area contributed by atoms with E-state index < -0.39 is 5.82 Å². The van der Waals surface area contributed by atoms with Crippen molar-refractivity contribution >= 4 is 27.8 Å². The second kappa shape index (κ2) is 7.02. The summed E-state index contributed by atoms with van der Waals surface area (Å²) in [5.74, 6) is -1.55. The lowest BCUT2D eigenvalue weighted by Gasteiger charge is -2.31. The molecular weight excluding hydrogens is 341 g/mol. The molecule has 1 saturated heterocycles. The first-order valence-corrected chi connectivity index (χ1v) is 7.73. The molecule has 4 nitrogen and oxygen atoms in total. The number of esters is 1. The Bertz CT molecular complexity index is 550. The lowest BCUT2D eigenvalue weighted by Crippen LogP contribution is -2.43. The predicted molar refractivity (Wildman–Crippen MR) is 79.4 cm³/mol. The van der Waals surface area contributed by atoms with Crippen molar-refractivity contribution in [2.45, 2.75) is 19.8 Å². The van der Waals surface area contributed by atoms with Gasteiger partial charge in [0, 0.05) is 17.6 Å². The number of hydrogen-bond acceptors (Lipinski definition) is 3. The highest BCUT2D eigenvalue weighted by atomic mass is 79.9. The molecule has 114 valence electrons. The van der Waals surface area contributed by atoms with Gasteiger partial charge in [-0.1, -0.05) is 15.9 Å². The number of hydrogen-bond donors (Lipinski definition) is 0. The first-order chi connectivity index (χ1) is 10.0. The Morgan fingerprint density at radius 1 is 1.48 bits per heavy atom. The Kier molecular flexibility index (Phi) is 5.33. The quantitative estimate of drug-likeness (QED) is 0.781. The number of nitrogens with zero attached hydrogens (tertiary/aromatic N) is 1. The molecule has 0 bridgehead atoms. The van der Waals surface area contributed by atoms with Crippen molar-refractivity contribution in [2.75, 3.05) is 19.7 Å². The zero-order chi connectivity index (χ0) is 15.4. The lowest BCUT2D eigenvalue weighted by atomic mass is 9.97. The molecule has 0 aliphatic carbocycles. The van der Waals surface area contributed by atoms with Crippen LogP contribution in [0.1, 0.15) is 30.1 Å². The largest absolute Gasteiger partial charge is 0.466 e. The maximum absolute atomic E-state index is 13.9. The normalized spacial score (nSPS) is 18.4. The molecule has 0 spiro atoms. The molecule has 0 unspecified atom stereocenters. The van der Waals surface area contributed by atoms with Crippen LogP contribution in [0.4, 0.5) is 4.39 Å². The van der Waals surface area contributed by atoms with Crippen LogP contribution in [0.2, 0.25) is 0 Å². The fourth-order valence-corrected chi connectivity index (χ4v) is 2.78. The summed E-state index contributed by atoms with van der Waals surface area (Å²) < 4.78 is 19.4. The maximum Gasteiger partial charge on any atom is 0.310 e. The monoisotopic (exact) mass is 357 g/mol. The van der Waals surface area contributed by atoms with E-state index in [-0.39, 0.29) is 29.9 Å². The Morgan fingerprint density at radius 2 is 2.24 bits per heavy atom. The average molecular weight is 358 g/mol. The lowest BCUT2D eigenvalue weighted by molar-refractivity contribution is -0.149. The number of likely N-dealkylation sites (tertiary alicyclic amines) is 1. The second-order valence-corrected chi connectivity index (χ2v) is 5.88. The summed E-state index contributed by atoms with van der Waals surface area (Å²) in [6, 6.07) is 4.35. The van der Waals surface area contributed by atoms with E-state index in [1.807, 2.05) is 0 Å². The van der Waals surface area contributed by atoms with Crippen molar-refractivity contribution in [2.24, 2.45) is 5.92 Å². The molecule has 0 aromatic heterocycles.